The monoisotopic (exact) mass is 515 g/mol. The van der Waals surface area contributed by atoms with E-state index in [1.54, 1.807) is 32.4 Å². The molecule has 9 nitrogen and oxygen atoms in total. The van der Waals surface area contributed by atoms with Gasteiger partial charge in [-0.15, -0.1) is 11.3 Å². The molecule has 11 heteroatoms. The predicted molar refractivity (Wildman–Crippen MR) is 138 cm³/mol. The molecule has 4 rings (SSSR count). The molecule has 0 saturated carbocycles. The Labute approximate surface area is 211 Å². The maximum atomic E-state index is 12.9. The summed E-state index contributed by atoms with van der Waals surface area (Å²) in [6, 6.07) is 3.75. The minimum absolute atomic E-state index is 0.0259. The molecule has 3 heterocycles. The third-order valence-corrected chi connectivity index (χ3v) is 6.65. The van der Waals surface area contributed by atoms with Gasteiger partial charge in [0.2, 0.25) is 0 Å². The SMILES string of the molecule is COc1ccc(C)c(-n2c(NC(=O)OC(C)(C)C)c(C(N)=O)c3c(Cl)nc4nc(C)sc4c32)c1C. The lowest BCUT2D eigenvalue weighted by Gasteiger charge is -2.22. The van der Waals surface area contributed by atoms with Gasteiger partial charge in [0.1, 0.15) is 22.3 Å². The number of thiazole rings is 1. The zero-order valence-corrected chi connectivity index (χ0v) is 22.1. The van der Waals surface area contributed by atoms with Crippen LogP contribution in [0.3, 0.4) is 0 Å². The molecule has 0 atom stereocenters. The first-order valence-electron chi connectivity index (χ1n) is 10.8. The first-order chi connectivity index (χ1) is 16.3. The average molecular weight is 516 g/mol. The highest BCUT2D eigenvalue weighted by atomic mass is 35.5. The number of amides is 2. The number of carbonyl (C=O) groups is 2. The Kier molecular flexibility index (Phi) is 6.14. The van der Waals surface area contributed by atoms with Gasteiger partial charge in [-0.25, -0.2) is 14.8 Å². The maximum Gasteiger partial charge on any atom is 0.413 e. The quantitative estimate of drug-likeness (QED) is 0.338. The van der Waals surface area contributed by atoms with Crippen LogP contribution in [-0.4, -0.2) is 39.2 Å². The summed E-state index contributed by atoms with van der Waals surface area (Å²) in [5, 5.41) is 3.90. The van der Waals surface area contributed by atoms with Crippen molar-refractivity contribution < 1.29 is 19.1 Å². The molecule has 0 aliphatic carbocycles. The standard InChI is InChI=1S/C24H26ClN5O4S/c1-10-8-9-13(33-7)11(2)16(10)30-17-14(19(25)28-21-18(17)35-12(3)27-21)15(20(26)31)22(30)29-23(32)34-24(4,5)6/h8-9H,1-7H3,(H2,26,31)(H,29,32). The van der Waals surface area contributed by atoms with Crippen molar-refractivity contribution in [1.82, 2.24) is 14.5 Å². The van der Waals surface area contributed by atoms with E-state index in [0.29, 0.717) is 32.7 Å². The van der Waals surface area contributed by atoms with Gasteiger partial charge in [-0.2, -0.15) is 0 Å². The second kappa shape index (κ2) is 8.69. The van der Waals surface area contributed by atoms with E-state index >= 15 is 0 Å². The molecule has 0 spiro atoms. The summed E-state index contributed by atoms with van der Waals surface area (Å²) in [6.07, 6.45) is -0.747. The zero-order valence-electron chi connectivity index (χ0n) is 20.5. The number of halogens is 1. The third kappa shape index (κ3) is 4.28. The lowest BCUT2D eigenvalue weighted by Crippen LogP contribution is -2.29. The number of rotatable bonds is 4. The van der Waals surface area contributed by atoms with Crippen molar-refractivity contribution in [1.29, 1.82) is 0 Å². The molecule has 0 aliphatic rings. The molecule has 3 N–H and O–H groups in total. The number of hydrogen-bond acceptors (Lipinski definition) is 7. The van der Waals surface area contributed by atoms with E-state index in [-0.39, 0.29) is 16.5 Å². The summed E-state index contributed by atoms with van der Waals surface area (Å²) >= 11 is 8.02. The Morgan fingerprint density at radius 3 is 2.46 bits per heavy atom. The fourth-order valence-electron chi connectivity index (χ4n) is 4.15. The number of pyridine rings is 1. The molecule has 0 bridgehead atoms. The van der Waals surface area contributed by atoms with Crippen molar-refractivity contribution in [2.45, 2.75) is 47.1 Å². The normalized spacial score (nSPS) is 11.8. The summed E-state index contributed by atoms with van der Waals surface area (Å²) in [7, 11) is 1.58. The Hall–Kier alpha value is -3.37. The Morgan fingerprint density at radius 2 is 1.86 bits per heavy atom. The third-order valence-electron chi connectivity index (χ3n) is 5.40. The number of primary amides is 1. The van der Waals surface area contributed by atoms with E-state index in [0.717, 1.165) is 16.1 Å². The molecule has 1 aromatic carbocycles. The van der Waals surface area contributed by atoms with E-state index in [2.05, 4.69) is 15.3 Å². The van der Waals surface area contributed by atoms with Crippen LogP contribution in [0.15, 0.2) is 12.1 Å². The number of anilines is 1. The van der Waals surface area contributed by atoms with E-state index in [9.17, 15) is 9.59 Å². The highest BCUT2D eigenvalue weighted by Crippen LogP contribution is 2.44. The van der Waals surface area contributed by atoms with Gasteiger partial charge < -0.3 is 15.2 Å². The molecule has 0 radical (unpaired) electrons. The Morgan fingerprint density at radius 1 is 1.17 bits per heavy atom. The summed E-state index contributed by atoms with van der Waals surface area (Å²) in [4.78, 5) is 34.6. The fourth-order valence-corrected chi connectivity index (χ4v) is 5.31. The second-order valence-corrected chi connectivity index (χ2v) is 10.7. The molecule has 0 aliphatic heterocycles. The van der Waals surface area contributed by atoms with Gasteiger partial charge >= 0.3 is 6.09 Å². The van der Waals surface area contributed by atoms with Crippen molar-refractivity contribution in [3.05, 3.63) is 39.0 Å². The van der Waals surface area contributed by atoms with Gasteiger partial charge in [-0.1, -0.05) is 17.7 Å². The van der Waals surface area contributed by atoms with E-state index in [4.69, 9.17) is 26.8 Å². The van der Waals surface area contributed by atoms with Gasteiger partial charge in [-0.3, -0.25) is 14.7 Å². The van der Waals surface area contributed by atoms with Crippen LogP contribution in [0.5, 0.6) is 5.75 Å². The Balaban J connectivity index is 2.22. The van der Waals surface area contributed by atoms with Gasteiger partial charge in [0.05, 0.1) is 39.0 Å². The number of benzene rings is 1. The first kappa shape index (κ1) is 24.7. The van der Waals surface area contributed by atoms with E-state index in [1.807, 2.05) is 32.9 Å². The van der Waals surface area contributed by atoms with Crippen LogP contribution in [0.25, 0.3) is 26.9 Å². The lowest BCUT2D eigenvalue weighted by molar-refractivity contribution is 0.0635. The van der Waals surface area contributed by atoms with Gasteiger partial charge in [0.25, 0.3) is 5.91 Å². The van der Waals surface area contributed by atoms with E-state index in [1.165, 1.54) is 11.3 Å². The number of nitrogens with one attached hydrogen (secondary N) is 1. The van der Waals surface area contributed by atoms with Crippen LogP contribution >= 0.6 is 22.9 Å². The first-order valence-corrected chi connectivity index (χ1v) is 12.0. The topological polar surface area (TPSA) is 121 Å². The number of aryl methyl sites for hydroxylation is 2. The number of ether oxygens (including phenoxy) is 2. The highest BCUT2D eigenvalue weighted by Gasteiger charge is 2.31. The predicted octanol–water partition coefficient (Wildman–Crippen LogP) is 5.67. The van der Waals surface area contributed by atoms with Crippen molar-refractivity contribution >= 4 is 62.0 Å². The fraction of sp³-hybridized carbons (Fsp3) is 0.333. The molecule has 3 aromatic heterocycles. The van der Waals surface area contributed by atoms with Crippen LogP contribution in [0.2, 0.25) is 5.15 Å². The highest BCUT2D eigenvalue weighted by molar-refractivity contribution is 7.19. The lowest BCUT2D eigenvalue weighted by atomic mass is 10.1. The largest absolute Gasteiger partial charge is 0.496 e. The number of nitrogens with two attached hydrogens (primary N) is 1. The van der Waals surface area contributed by atoms with Gasteiger partial charge in [0.15, 0.2) is 5.65 Å². The second-order valence-electron chi connectivity index (χ2n) is 9.12. The van der Waals surface area contributed by atoms with Crippen molar-refractivity contribution in [2.24, 2.45) is 5.73 Å². The molecule has 2 amide bonds. The number of carbonyl (C=O) groups excluding carboxylic acids is 2. The molecule has 0 fully saturated rings. The van der Waals surface area contributed by atoms with Crippen molar-refractivity contribution in [3.63, 3.8) is 0 Å². The van der Waals surface area contributed by atoms with Crippen LogP contribution in [0.4, 0.5) is 10.6 Å². The summed E-state index contributed by atoms with van der Waals surface area (Å²) in [5.74, 6) is -0.0149. The average Bonchev–Trinajstić information content (AvgIpc) is 3.25. The summed E-state index contributed by atoms with van der Waals surface area (Å²) < 4.78 is 13.5. The molecule has 184 valence electrons. The molecule has 4 aromatic rings. The van der Waals surface area contributed by atoms with Gasteiger partial charge in [-0.05, 0) is 53.2 Å². The molecule has 0 unspecified atom stereocenters. The minimum Gasteiger partial charge on any atom is -0.496 e. The molecular formula is C24H26ClN5O4S. The van der Waals surface area contributed by atoms with Gasteiger partial charge in [0, 0.05) is 5.56 Å². The number of aromatic nitrogens is 3. The number of methoxy groups -OCH3 is 1. The Bertz CT molecular complexity index is 1520. The minimum atomic E-state index is -0.776. The summed E-state index contributed by atoms with van der Waals surface area (Å²) in [6.45, 7) is 10.9. The van der Waals surface area contributed by atoms with Crippen molar-refractivity contribution in [3.8, 4) is 11.4 Å². The van der Waals surface area contributed by atoms with Crippen molar-refractivity contribution in [2.75, 3.05) is 12.4 Å². The smallest absolute Gasteiger partial charge is 0.413 e. The zero-order chi connectivity index (χ0) is 25.8. The number of nitrogens with zero attached hydrogens (tertiary/aromatic N) is 3. The molecule has 0 saturated heterocycles. The van der Waals surface area contributed by atoms with E-state index < -0.39 is 17.6 Å². The van der Waals surface area contributed by atoms with Crippen LogP contribution in [0.1, 0.15) is 47.3 Å². The summed E-state index contributed by atoms with van der Waals surface area (Å²) in [5.41, 5.74) is 8.46. The number of fused-ring (bicyclic) bond motifs is 3. The number of hydrogen-bond donors (Lipinski definition) is 2. The molecule has 35 heavy (non-hydrogen) atoms. The maximum absolute atomic E-state index is 12.9. The van der Waals surface area contributed by atoms with Crippen LogP contribution in [0, 0.1) is 20.8 Å². The van der Waals surface area contributed by atoms with Crippen LogP contribution in [-0.2, 0) is 4.74 Å². The van der Waals surface area contributed by atoms with Crippen LogP contribution < -0.4 is 15.8 Å². The molecular weight excluding hydrogens is 490 g/mol.